The van der Waals surface area contributed by atoms with E-state index in [1.807, 2.05) is 36.4 Å². The summed E-state index contributed by atoms with van der Waals surface area (Å²) < 4.78 is 13.4. The summed E-state index contributed by atoms with van der Waals surface area (Å²) in [6, 6.07) is 30.7. The molecule has 0 saturated heterocycles. The van der Waals surface area contributed by atoms with E-state index < -0.39 is 0 Å². The van der Waals surface area contributed by atoms with Crippen LogP contribution in [0.3, 0.4) is 0 Å². The first-order valence-corrected chi connectivity index (χ1v) is 11.4. The molecule has 0 bridgehead atoms. The highest BCUT2D eigenvalue weighted by Gasteiger charge is 2.34. The van der Waals surface area contributed by atoms with Crippen molar-refractivity contribution in [3.63, 3.8) is 0 Å². The number of nitrogens with zero attached hydrogens (tertiary/aromatic N) is 4. The van der Waals surface area contributed by atoms with Gasteiger partial charge in [-0.1, -0.05) is 60.7 Å². The van der Waals surface area contributed by atoms with Gasteiger partial charge in [-0.25, -0.2) is 14.5 Å². The summed E-state index contributed by atoms with van der Waals surface area (Å²) in [7, 11) is 1.65. The summed E-state index contributed by atoms with van der Waals surface area (Å²) >= 11 is 0. The summed E-state index contributed by atoms with van der Waals surface area (Å²) in [4.78, 5) is 9.63. The largest absolute Gasteiger partial charge is 0.497 e. The molecule has 7 rings (SSSR count). The standard InChI is InChI=1S/C29H20N4O2/c1-34-21-14-11-20(12-15-21)27-31-28-26-24(19-8-3-2-4-9-19)25-22-10-6-5-7-18(22)13-16-23(25)35-29(26)30-17-33(28)32-27/h2-17,24H,1H3/t24-/m1/s1. The number of rotatable bonds is 3. The van der Waals surface area contributed by atoms with E-state index in [-0.39, 0.29) is 5.92 Å². The first-order chi connectivity index (χ1) is 17.3. The van der Waals surface area contributed by atoms with Crippen molar-refractivity contribution in [2.24, 2.45) is 0 Å². The molecule has 0 aliphatic carbocycles. The van der Waals surface area contributed by atoms with E-state index in [1.165, 1.54) is 5.39 Å². The van der Waals surface area contributed by atoms with Crippen molar-refractivity contribution in [3.8, 4) is 28.8 Å². The Balaban J connectivity index is 1.50. The minimum Gasteiger partial charge on any atom is -0.497 e. The van der Waals surface area contributed by atoms with Crippen LogP contribution in [-0.2, 0) is 0 Å². The Morgan fingerprint density at radius 2 is 1.63 bits per heavy atom. The molecule has 1 atom stereocenters. The number of aromatic nitrogens is 4. The van der Waals surface area contributed by atoms with Crippen LogP contribution in [0, 0.1) is 0 Å². The summed E-state index contributed by atoms with van der Waals surface area (Å²) in [6.07, 6.45) is 1.67. The molecule has 1 aliphatic heterocycles. The average Bonchev–Trinajstić information content (AvgIpc) is 3.37. The van der Waals surface area contributed by atoms with Crippen LogP contribution >= 0.6 is 0 Å². The van der Waals surface area contributed by atoms with Crippen molar-refractivity contribution in [1.82, 2.24) is 19.6 Å². The van der Waals surface area contributed by atoms with Gasteiger partial charge in [0.2, 0.25) is 5.88 Å². The number of hydrogen-bond donors (Lipinski definition) is 0. The molecule has 0 radical (unpaired) electrons. The van der Waals surface area contributed by atoms with E-state index in [2.05, 4.69) is 59.6 Å². The van der Waals surface area contributed by atoms with Gasteiger partial charge < -0.3 is 9.47 Å². The fourth-order valence-electron chi connectivity index (χ4n) is 4.95. The minimum absolute atomic E-state index is 0.106. The summed E-state index contributed by atoms with van der Waals surface area (Å²) in [5.74, 6) is 2.68. The highest BCUT2D eigenvalue weighted by atomic mass is 16.5. The average molecular weight is 457 g/mol. The molecular formula is C29H20N4O2. The second-order valence-corrected chi connectivity index (χ2v) is 8.54. The van der Waals surface area contributed by atoms with Gasteiger partial charge in [0, 0.05) is 17.0 Å². The van der Waals surface area contributed by atoms with Crippen molar-refractivity contribution in [2.45, 2.75) is 5.92 Å². The summed E-state index contributed by atoms with van der Waals surface area (Å²) in [5.41, 5.74) is 4.81. The van der Waals surface area contributed by atoms with Crippen molar-refractivity contribution in [1.29, 1.82) is 0 Å². The Morgan fingerprint density at radius 1 is 0.829 bits per heavy atom. The fourth-order valence-corrected chi connectivity index (χ4v) is 4.95. The minimum atomic E-state index is -0.106. The molecule has 0 N–H and O–H groups in total. The van der Waals surface area contributed by atoms with Crippen LogP contribution in [0.4, 0.5) is 0 Å². The number of benzene rings is 4. The normalized spacial score (nSPS) is 14.4. The topological polar surface area (TPSA) is 61.5 Å². The van der Waals surface area contributed by atoms with Gasteiger partial charge in [0.1, 0.15) is 17.8 Å². The molecule has 6 aromatic rings. The lowest BCUT2D eigenvalue weighted by Gasteiger charge is -2.29. The highest BCUT2D eigenvalue weighted by Crippen LogP contribution is 2.50. The molecule has 6 nitrogen and oxygen atoms in total. The van der Waals surface area contributed by atoms with E-state index in [0.717, 1.165) is 44.8 Å². The maximum atomic E-state index is 6.38. The molecule has 35 heavy (non-hydrogen) atoms. The zero-order valence-electron chi connectivity index (χ0n) is 18.9. The van der Waals surface area contributed by atoms with Crippen molar-refractivity contribution in [3.05, 3.63) is 114 Å². The molecule has 0 saturated carbocycles. The molecule has 4 aromatic carbocycles. The van der Waals surface area contributed by atoms with Crippen LogP contribution in [0.2, 0.25) is 0 Å². The van der Waals surface area contributed by atoms with E-state index >= 15 is 0 Å². The second kappa shape index (κ2) is 7.67. The first kappa shape index (κ1) is 19.7. The molecule has 0 spiro atoms. The maximum Gasteiger partial charge on any atom is 0.228 e. The second-order valence-electron chi connectivity index (χ2n) is 8.54. The number of ether oxygens (including phenoxy) is 2. The molecule has 2 aromatic heterocycles. The molecule has 1 aliphatic rings. The molecule has 0 amide bonds. The predicted molar refractivity (Wildman–Crippen MR) is 134 cm³/mol. The van der Waals surface area contributed by atoms with Crippen molar-refractivity contribution in [2.75, 3.05) is 7.11 Å². The molecule has 0 unspecified atom stereocenters. The third-order valence-corrected chi connectivity index (χ3v) is 6.58. The Bertz CT molecular complexity index is 1710. The lowest BCUT2D eigenvalue weighted by atomic mass is 9.81. The van der Waals surface area contributed by atoms with Crippen LogP contribution in [0.25, 0.3) is 27.8 Å². The molecule has 0 fully saturated rings. The Kier molecular flexibility index (Phi) is 4.32. The summed E-state index contributed by atoms with van der Waals surface area (Å²) in [6.45, 7) is 0. The zero-order chi connectivity index (χ0) is 23.4. The monoisotopic (exact) mass is 456 g/mol. The third kappa shape index (κ3) is 3.07. The first-order valence-electron chi connectivity index (χ1n) is 11.4. The molecule has 168 valence electrons. The van der Waals surface area contributed by atoms with Crippen LogP contribution in [-0.4, -0.2) is 26.7 Å². The number of hydrogen-bond acceptors (Lipinski definition) is 5. The SMILES string of the molecule is COc1ccc(-c2nc3c4c(ncn3n2)Oc2ccc3ccccc3c2[C@H]4c2ccccc2)cc1. The Hall–Kier alpha value is -4.71. The lowest BCUT2D eigenvalue weighted by Crippen LogP contribution is -2.15. The third-order valence-electron chi connectivity index (χ3n) is 6.58. The quantitative estimate of drug-likeness (QED) is 0.315. The highest BCUT2D eigenvalue weighted by molar-refractivity contribution is 5.91. The van der Waals surface area contributed by atoms with E-state index in [0.29, 0.717) is 11.7 Å². The van der Waals surface area contributed by atoms with Crippen LogP contribution in [0.1, 0.15) is 22.6 Å². The van der Waals surface area contributed by atoms with Crippen molar-refractivity contribution >= 4 is 16.4 Å². The van der Waals surface area contributed by atoms with Gasteiger partial charge in [0.15, 0.2) is 11.5 Å². The lowest BCUT2D eigenvalue weighted by molar-refractivity contribution is 0.415. The van der Waals surface area contributed by atoms with Crippen molar-refractivity contribution < 1.29 is 9.47 Å². The van der Waals surface area contributed by atoms with Gasteiger partial charge in [0.05, 0.1) is 12.7 Å². The van der Waals surface area contributed by atoms with E-state index in [9.17, 15) is 0 Å². The van der Waals surface area contributed by atoms with E-state index in [1.54, 1.807) is 18.0 Å². The van der Waals surface area contributed by atoms with Crippen LogP contribution in [0.15, 0.2) is 97.3 Å². The van der Waals surface area contributed by atoms with Crippen LogP contribution < -0.4 is 9.47 Å². The number of fused-ring (bicyclic) bond motifs is 6. The van der Waals surface area contributed by atoms with E-state index in [4.69, 9.17) is 19.6 Å². The zero-order valence-corrected chi connectivity index (χ0v) is 18.9. The summed E-state index contributed by atoms with van der Waals surface area (Å²) in [5, 5.41) is 7.06. The van der Waals surface area contributed by atoms with Gasteiger partial charge >= 0.3 is 0 Å². The van der Waals surface area contributed by atoms with Gasteiger partial charge in [-0.3, -0.25) is 0 Å². The predicted octanol–water partition coefficient (Wildman–Crippen LogP) is 6.24. The fraction of sp³-hybridized carbons (Fsp3) is 0.0690. The van der Waals surface area contributed by atoms with Gasteiger partial charge in [-0.05, 0) is 46.7 Å². The molecule has 6 heteroatoms. The van der Waals surface area contributed by atoms with Crippen LogP contribution in [0.5, 0.6) is 17.4 Å². The smallest absolute Gasteiger partial charge is 0.228 e. The Labute approximate surface area is 201 Å². The number of methoxy groups -OCH3 is 1. The maximum absolute atomic E-state index is 6.38. The van der Waals surface area contributed by atoms with Gasteiger partial charge in [0.25, 0.3) is 0 Å². The van der Waals surface area contributed by atoms with Gasteiger partial charge in [-0.15, -0.1) is 5.10 Å². The van der Waals surface area contributed by atoms with Gasteiger partial charge in [-0.2, -0.15) is 0 Å². The Morgan fingerprint density at radius 3 is 2.46 bits per heavy atom. The molecular weight excluding hydrogens is 436 g/mol. The molecule has 3 heterocycles.